The first-order valence-electron chi connectivity index (χ1n) is 6.70. The largest absolute Gasteiger partial charge is 0.399 e. The summed E-state index contributed by atoms with van der Waals surface area (Å²) in [6.45, 7) is 4.45. The summed E-state index contributed by atoms with van der Waals surface area (Å²) in [6.07, 6.45) is 13.4. The van der Waals surface area contributed by atoms with Gasteiger partial charge in [-0.05, 0) is 43.9 Å². The normalized spacial score (nSPS) is 20.2. The molecule has 0 amide bonds. The zero-order chi connectivity index (χ0) is 13.9. The molecular weight excluding hydrogens is 304 g/mol. The summed E-state index contributed by atoms with van der Waals surface area (Å²) >= 11 is 3.65. The van der Waals surface area contributed by atoms with Crippen LogP contribution in [0, 0.1) is 0 Å². The molecule has 1 rings (SSSR count). The summed E-state index contributed by atoms with van der Waals surface area (Å²) in [5, 5.41) is 7.31. The molecule has 19 heavy (non-hydrogen) atoms. The summed E-state index contributed by atoms with van der Waals surface area (Å²) in [7, 11) is 1.61. The first kappa shape index (κ1) is 16.0. The standard InChI is InChI=1S/C15H23BrN2O/c1-3-11-17-12-5-4-6-15(18-19-2)13-7-9-14(16)10-8-13/h3,5,7,12,14,17H,1,4,6,8-11H2,2H3/b12-5+,18-15+. The molecule has 4 heteroatoms. The maximum atomic E-state index is 4.96. The lowest BCUT2D eigenvalue weighted by Crippen LogP contribution is -2.11. The zero-order valence-corrected chi connectivity index (χ0v) is 13.2. The zero-order valence-electron chi connectivity index (χ0n) is 11.6. The predicted molar refractivity (Wildman–Crippen MR) is 85.7 cm³/mol. The van der Waals surface area contributed by atoms with Crippen molar-refractivity contribution in [3.8, 4) is 0 Å². The number of oxime groups is 1. The van der Waals surface area contributed by atoms with Crippen molar-refractivity contribution in [1.29, 1.82) is 0 Å². The predicted octanol–water partition coefficient (Wildman–Crippen LogP) is 3.93. The Labute approximate surface area is 124 Å². The van der Waals surface area contributed by atoms with E-state index in [0.29, 0.717) is 4.83 Å². The van der Waals surface area contributed by atoms with Gasteiger partial charge in [0.05, 0.1) is 5.71 Å². The molecule has 0 saturated carbocycles. The number of hydrogen-bond acceptors (Lipinski definition) is 3. The van der Waals surface area contributed by atoms with Crippen LogP contribution >= 0.6 is 15.9 Å². The fraction of sp³-hybridized carbons (Fsp3) is 0.533. The summed E-state index contributed by atoms with van der Waals surface area (Å²) in [6, 6.07) is 0. The molecule has 106 valence electrons. The smallest absolute Gasteiger partial charge is 0.106 e. The molecule has 0 fully saturated rings. The highest BCUT2D eigenvalue weighted by Crippen LogP contribution is 2.25. The van der Waals surface area contributed by atoms with Crippen molar-refractivity contribution in [1.82, 2.24) is 5.32 Å². The Morgan fingerprint density at radius 1 is 1.68 bits per heavy atom. The monoisotopic (exact) mass is 326 g/mol. The molecule has 1 N–H and O–H groups in total. The van der Waals surface area contributed by atoms with E-state index in [1.807, 2.05) is 12.3 Å². The fourth-order valence-corrected chi connectivity index (χ4v) is 2.39. The second-order valence-corrected chi connectivity index (χ2v) is 5.75. The third-order valence-electron chi connectivity index (χ3n) is 2.96. The summed E-state index contributed by atoms with van der Waals surface area (Å²) in [5.74, 6) is 0. The van der Waals surface area contributed by atoms with Crippen LogP contribution in [0.5, 0.6) is 0 Å². The Morgan fingerprint density at radius 2 is 2.53 bits per heavy atom. The third-order valence-corrected chi connectivity index (χ3v) is 3.80. The molecule has 0 spiro atoms. The minimum Gasteiger partial charge on any atom is -0.399 e. The van der Waals surface area contributed by atoms with E-state index >= 15 is 0 Å². The van der Waals surface area contributed by atoms with Crippen molar-refractivity contribution >= 4 is 21.6 Å². The van der Waals surface area contributed by atoms with Crippen molar-refractivity contribution in [3.05, 3.63) is 36.6 Å². The van der Waals surface area contributed by atoms with Crippen LogP contribution < -0.4 is 5.32 Å². The second-order valence-electron chi connectivity index (χ2n) is 4.46. The van der Waals surface area contributed by atoms with Gasteiger partial charge >= 0.3 is 0 Å². The summed E-state index contributed by atoms with van der Waals surface area (Å²) in [5.41, 5.74) is 2.42. The van der Waals surface area contributed by atoms with Crippen LogP contribution in [0.25, 0.3) is 0 Å². The lowest BCUT2D eigenvalue weighted by atomic mass is 9.94. The number of alkyl halides is 1. The molecule has 0 bridgehead atoms. The Bertz CT molecular complexity index is 361. The molecule has 1 atom stereocenters. The molecule has 0 heterocycles. The maximum absolute atomic E-state index is 4.96. The lowest BCUT2D eigenvalue weighted by molar-refractivity contribution is 0.212. The molecule has 1 aliphatic rings. The van der Waals surface area contributed by atoms with Crippen LogP contribution in [0.3, 0.4) is 0 Å². The Hall–Kier alpha value is -1.03. The van der Waals surface area contributed by atoms with Gasteiger partial charge in [-0.3, -0.25) is 0 Å². The van der Waals surface area contributed by atoms with Crippen molar-refractivity contribution in [2.24, 2.45) is 5.16 Å². The highest BCUT2D eigenvalue weighted by molar-refractivity contribution is 9.09. The second kappa shape index (κ2) is 9.84. The van der Waals surface area contributed by atoms with E-state index in [2.05, 4.69) is 45.1 Å². The topological polar surface area (TPSA) is 33.6 Å². The SMILES string of the molecule is C=CCN/C=C/CC/C(=N\OC)C1=CCC(Br)CC1. The van der Waals surface area contributed by atoms with Crippen molar-refractivity contribution in [2.45, 2.75) is 36.9 Å². The Morgan fingerprint density at radius 3 is 3.16 bits per heavy atom. The molecule has 0 aromatic carbocycles. The number of halogens is 1. The van der Waals surface area contributed by atoms with Crippen LogP contribution in [0.4, 0.5) is 0 Å². The van der Waals surface area contributed by atoms with Gasteiger partial charge in [0.2, 0.25) is 0 Å². The van der Waals surface area contributed by atoms with Crippen LogP contribution in [-0.2, 0) is 4.84 Å². The third kappa shape index (κ3) is 6.62. The molecule has 0 radical (unpaired) electrons. The van der Waals surface area contributed by atoms with Gasteiger partial charge in [-0.25, -0.2) is 0 Å². The summed E-state index contributed by atoms with van der Waals surface area (Å²) in [4.78, 5) is 5.58. The van der Waals surface area contributed by atoms with Crippen LogP contribution in [0.2, 0.25) is 0 Å². The molecule has 0 aromatic heterocycles. The number of allylic oxidation sites excluding steroid dienone is 3. The molecule has 1 aliphatic carbocycles. The summed E-state index contributed by atoms with van der Waals surface area (Å²) < 4.78 is 0. The highest BCUT2D eigenvalue weighted by atomic mass is 79.9. The molecular formula is C15H23BrN2O. The van der Waals surface area contributed by atoms with Gasteiger partial charge in [-0.15, -0.1) is 6.58 Å². The molecule has 0 aromatic rings. The Kier molecular flexibility index (Phi) is 8.30. The van der Waals surface area contributed by atoms with E-state index in [1.165, 1.54) is 12.0 Å². The van der Waals surface area contributed by atoms with E-state index in [1.54, 1.807) is 7.11 Å². The number of nitrogens with one attached hydrogen (secondary N) is 1. The van der Waals surface area contributed by atoms with Gasteiger partial charge in [-0.2, -0.15) is 0 Å². The minimum absolute atomic E-state index is 0.614. The molecule has 0 aliphatic heterocycles. The van der Waals surface area contributed by atoms with E-state index in [4.69, 9.17) is 4.84 Å². The van der Waals surface area contributed by atoms with Gasteiger partial charge in [-0.1, -0.05) is 39.3 Å². The Balaban J connectivity index is 2.43. The molecule has 3 nitrogen and oxygen atoms in total. The van der Waals surface area contributed by atoms with Gasteiger partial charge in [0.1, 0.15) is 7.11 Å². The van der Waals surface area contributed by atoms with Gasteiger partial charge < -0.3 is 10.2 Å². The fourth-order valence-electron chi connectivity index (χ4n) is 1.98. The van der Waals surface area contributed by atoms with E-state index in [-0.39, 0.29) is 0 Å². The van der Waals surface area contributed by atoms with E-state index < -0.39 is 0 Å². The lowest BCUT2D eigenvalue weighted by Gasteiger charge is -2.17. The van der Waals surface area contributed by atoms with Crippen molar-refractivity contribution < 1.29 is 4.84 Å². The number of hydrogen-bond donors (Lipinski definition) is 1. The number of rotatable bonds is 8. The number of nitrogens with zero attached hydrogens (tertiary/aromatic N) is 1. The van der Waals surface area contributed by atoms with Crippen LogP contribution in [0.15, 0.2) is 41.7 Å². The first-order chi connectivity index (χ1) is 9.27. The quantitative estimate of drug-likeness (QED) is 0.241. The van der Waals surface area contributed by atoms with Gasteiger partial charge in [0.25, 0.3) is 0 Å². The molecule has 1 unspecified atom stereocenters. The van der Waals surface area contributed by atoms with Gasteiger partial charge in [0, 0.05) is 11.4 Å². The average Bonchev–Trinajstić information content (AvgIpc) is 2.42. The van der Waals surface area contributed by atoms with E-state index in [0.717, 1.165) is 37.9 Å². The van der Waals surface area contributed by atoms with Crippen molar-refractivity contribution in [3.63, 3.8) is 0 Å². The van der Waals surface area contributed by atoms with Crippen LogP contribution in [0.1, 0.15) is 32.1 Å². The highest BCUT2D eigenvalue weighted by Gasteiger charge is 2.15. The van der Waals surface area contributed by atoms with Crippen molar-refractivity contribution in [2.75, 3.05) is 13.7 Å². The van der Waals surface area contributed by atoms with Crippen LogP contribution in [-0.4, -0.2) is 24.2 Å². The van der Waals surface area contributed by atoms with Gasteiger partial charge in [0.15, 0.2) is 0 Å². The average molecular weight is 327 g/mol. The van der Waals surface area contributed by atoms with E-state index in [9.17, 15) is 0 Å². The first-order valence-corrected chi connectivity index (χ1v) is 7.62. The minimum atomic E-state index is 0.614. The molecule has 0 saturated heterocycles. The maximum Gasteiger partial charge on any atom is 0.106 e.